The Morgan fingerprint density at radius 2 is 1.82 bits per heavy atom. The van der Waals surface area contributed by atoms with Crippen LogP contribution >= 0.6 is 0 Å². The normalized spacial score (nSPS) is 11.4. The highest BCUT2D eigenvalue weighted by molar-refractivity contribution is 5.82. The van der Waals surface area contributed by atoms with Gasteiger partial charge in [-0.25, -0.2) is 9.59 Å². The van der Waals surface area contributed by atoms with E-state index in [0.29, 0.717) is 13.1 Å². The fourth-order valence-corrected chi connectivity index (χ4v) is 1.18. The van der Waals surface area contributed by atoms with Crippen LogP contribution in [0.5, 0.6) is 0 Å². The molecule has 0 bridgehead atoms. The molecule has 2 amide bonds. The Bertz CT molecular complexity index is 281. The number of aliphatic carboxylic acids is 1. The SMILES string of the molecule is C=CCN(CC=C)C(=O)N[C@@H](CCO)C(=O)O. The second-order valence-corrected chi connectivity index (χ2v) is 3.33. The van der Waals surface area contributed by atoms with Gasteiger partial charge >= 0.3 is 12.0 Å². The molecule has 0 fully saturated rings. The van der Waals surface area contributed by atoms with Crippen molar-refractivity contribution in [3.05, 3.63) is 25.3 Å². The zero-order valence-electron chi connectivity index (χ0n) is 9.63. The molecule has 0 saturated heterocycles. The minimum absolute atomic E-state index is 0.0307. The van der Waals surface area contributed by atoms with Gasteiger partial charge in [0.05, 0.1) is 0 Å². The number of carbonyl (C=O) groups is 2. The summed E-state index contributed by atoms with van der Waals surface area (Å²) in [4.78, 5) is 23.8. The lowest BCUT2D eigenvalue weighted by atomic mass is 10.2. The van der Waals surface area contributed by atoms with E-state index in [-0.39, 0.29) is 13.0 Å². The standard InChI is InChI=1S/C11H18N2O4/c1-3-6-13(7-4-2)11(17)12-9(5-8-14)10(15)16/h3-4,9,14H,1-2,5-8H2,(H,12,17)(H,15,16)/t9-/m0/s1. The van der Waals surface area contributed by atoms with Gasteiger partial charge in [-0.1, -0.05) is 12.2 Å². The molecular formula is C11H18N2O4. The fraction of sp³-hybridized carbons (Fsp3) is 0.455. The van der Waals surface area contributed by atoms with Crippen molar-refractivity contribution >= 4 is 12.0 Å². The molecule has 0 aromatic carbocycles. The van der Waals surface area contributed by atoms with Gasteiger partial charge in [0.15, 0.2) is 0 Å². The number of hydrogen-bond donors (Lipinski definition) is 3. The minimum Gasteiger partial charge on any atom is -0.480 e. The maximum Gasteiger partial charge on any atom is 0.326 e. The minimum atomic E-state index is -1.18. The van der Waals surface area contributed by atoms with Crippen LogP contribution in [0.25, 0.3) is 0 Å². The first kappa shape index (κ1) is 15.2. The third-order valence-corrected chi connectivity index (χ3v) is 2.00. The van der Waals surface area contributed by atoms with Crippen LogP contribution < -0.4 is 5.32 Å². The van der Waals surface area contributed by atoms with Crippen LogP contribution in [0.1, 0.15) is 6.42 Å². The van der Waals surface area contributed by atoms with E-state index in [1.54, 1.807) is 0 Å². The van der Waals surface area contributed by atoms with Gasteiger partial charge in [0.25, 0.3) is 0 Å². The Hall–Kier alpha value is -1.82. The van der Waals surface area contributed by atoms with E-state index in [1.165, 1.54) is 17.1 Å². The van der Waals surface area contributed by atoms with Crippen molar-refractivity contribution in [2.24, 2.45) is 0 Å². The first-order chi connectivity index (χ1) is 8.06. The molecule has 0 saturated carbocycles. The molecule has 1 atom stereocenters. The lowest BCUT2D eigenvalue weighted by Crippen LogP contribution is -2.48. The molecule has 0 radical (unpaired) electrons. The quantitative estimate of drug-likeness (QED) is 0.531. The van der Waals surface area contributed by atoms with E-state index in [4.69, 9.17) is 10.2 Å². The zero-order chi connectivity index (χ0) is 13.3. The molecule has 6 heteroatoms. The molecule has 0 aliphatic carbocycles. The second-order valence-electron chi connectivity index (χ2n) is 3.33. The van der Waals surface area contributed by atoms with Crippen molar-refractivity contribution in [3.8, 4) is 0 Å². The zero-order valence-corrected chi connectivity index (χ0v) is 9.63. The summed E-state index contributed by atoms with van der Waals surface area (Å²) in [6.45, 7) is 7.29. The number of aliphatic hydroxyl groups is 1. The maximum atomic E-state index is 11.7. The molecule has 6 nitrogen and oxygen atoms in total. The average molecular weight is 242 g/mol. The number of hydrogen-bond acceptors (Lipinski definition) is 3. The van der Waals surface area contributed by atoms with E-state index in [1.807, 2.05) is 0 Å². The number of nitrogens with one attached hydrogen (secondary N) is 1. The van der Waals surface area contributed by atoms with Crippen LogP contribution in [0.3, 0.4) is 0 Å². The highest BCUT2D eigenvalue weighted by Gasteiger charge is 2.21. The number of aliphatic hydroxyl groups excluding tert-OH is 1. The molecule has 17 heavy (non-hydrogen) atoms. The monoisotopic (exact) mass is 242 g/mol. The van der Waals surface area contributed by atoms with E-state index in [2.05, 4.69) is 18.5 Å². The summed E-state index contributed by atoms with van der Waals surface area (Å²) < 4.78 is 0. The third-order valence-electron chi connectivity index (χ3n) is 2.00. The number of carboxylic acid groups (broad SMARTS) is 1. The number of carbonyl (C=O) groups excluding carboxylic acids is 1. The van der Waals surface area contributed by atoms with E-state index in [9.17, 15) is 9.59 Å². The molecule has 0 spiro atoms. The summed E-state index contributed by atoms with van der Waals surface area (Å²) in [6, 6.07) is -1.62. The van der Waals surface area contributed by atoms with Crippen molar-refractivity contribution in [3.63, 3.8) is 0 Å². The molecule has 0 rings (SSSR count). The Kier molecular flexibility index (Phi) is 7.45. The Balaban J connectivity index is 4.48. The predicted molar refractivity (Wildman–Crippen MR) is 63.6 cm³/mol. The highest BCUT2D eigenvalue weighted by Crippen LogP contribution is 1.96. The van der Waals surface area contributed by atoms with Crippen molar-refractivity contribution < 1.29 is 19.8 Å². The van der Waals surface area contributed by atoms with Gasteiger partial charge in [-0.05, 0) is 0 Å². The molecule has 0 aliphatic heterocycles. The molecule has 0 heterocycles. The lowest BCUT2D eigenvalue weighted by Gasteiger charge is -2.22. The van der Waals surface area contributed by atoms with Crippen LogP contribution in [-0.2, 0) is 4.79 Å². The van der Waals surface area contributed by atoms with Crippen LogP contribution in [0, 0.1) is 0 Å². The van der Waals surface area contributed by atoms with Crippen molar-refractivity contribution in [2.45, 2.75) is 12.5 Å². The molecule has 0 aromatic rings. The van der Waals surface area contributed by atoms with Gasteiger partial charge in [-0.2, -0.15) is 0 Å². The Labute approximate surface area is 100 Å². The molecule has 96 valence electrons. The van der Waals surface area contributed by atoms with Crippen molar-refractivity contribution in [1.29, 1.82) is 0 Å². The largest absolute Gasteiger partial charge is 0.480 e. The third kappa shape index (κ3) is 5.72. The topological polar surface area (TPSA) is 89.9 Å². The summed E-state index contributed by atoms with van der Waals surface area (Å²) in [5.41, 5.74) is 0. The Morgan fingerprint density at radius 1 is 1.29 bits per heavy atom. The number of nitrogens with zero attached hydrogens (tertiary/aromatic N) is 1. The van der Waals surface area contributed by atoms with Crippen LogP contribution in [0.4, 0.5) is 4.79 Å². The van der Waals surface area contributed by atoms with Gasteiger partial charge in [-0.15, -0.1) is 13.2 Å². The summed E-state index contributed by atoms with van der Waals surface area (Å²) in [6.07, 6.45) is 3.03. The predicted octanol–water partition coefficient (Wildman–Crippen LogP) is 0.206. The lowest BCUT2D eigenvalue weighted by molar-refractivity contribution is -0.139. The molecule has 3 N–H and O–H groups in total. The van der Waals surface area contributed by atoms with Gasteiger partial charge in [0.1, 0.15) is 6.04 Å². The summed E-state index contributed by atoms with van der Waals surface area (Å²) in [5.74, 6) is -1.18. The molecular weight excluding hydrogens is 224 g/mol. The van der Waals surface area contributed by atoms with Crippen LogP contribution in [-0.4, -0.2) is 52.9 Å². The molecule has 0 aromatic heterocycles. The van der Waals surface area contributed by atoms with Gasteiger partial charge in [-0.3, -0.25) is 0 Å². The number of urea groups is 1. The fourth-order valence-electron chi connectivity index (χ4n) is 1.18. The van der Waals surface area contributed by atoms with Crippen LogP contribution in [0.2, 0.25) is 0 Å². The van der Waals surface area contributed by atoms with Gasteiger partial charge < -0.3 is 20.4 Å². The van der Waals surface area contributed by atoms with E-state index in [0.717, 1.165) is 0 Å². The summed E-state index contributed by atoms with van der Waals surface area (Å²) in [7, 11) is 0. The second kappa shape index (κ2) is 8.35. The highest BCUT2D eigenvalue weighted by atomic mass is 16.4. The number of rotatable bonds is 8. The van der Waals surface area contributed by atoms with Gasteiger partial charge in [0, 0.05) is 26.1 Å². The van der Waals surface area contributed by atoms with Gasteiger partial charge in [0.2, 0.25) is 0 Å². The maximum absolute atomic E-state index is 11.7. The molecule has 0 unspecified atom stereocenters. The average Bonchev–Trinajstić information content (AvgIpc) is 2.28. The Morgan fingerprint density at radius 3 is 2.18 bits per heavy atom. The number of amides is 2. The van der Waals surface area contributed by atoms with E-state index >= 15 is 0 Å². The first-order valence-corrected chi connectivity index (χ1v) is 5.17. The van der Waals surface area contributed by atoms with E-state index < -0.39 is 18.0 Å². The summed E-state index contributed by atoms with van der Waals surface area (Å²) in [5, 5.41) is 19.8. The number of carboxylic acids is 1. The van der Waals surface area contributed by atoms with Crippen molar-refractivity contribution in [1.82, 2.24) is 10.2 Å². The van der Waals surface area contributed by atoms with Crippen molar-refractivity contribution in [2.75, 3.05) is 19.7 Å². The smallest absolute Gasteiger partial charge is 0.326 e. The van der Waals surface area contributed by atoms with Crippen LogP contribution in [0.15, 0.2) is 25.3 Å². The summed E-state index contributed by atoms with van der Waals surface area (Å²) >= 11 is 0. The first-order valence-electron chi connectivity index (χ1n) is 5.17. The molecule has 0 aliphatic rings.